The molecule has 0 saturated carbocycles. The maximum atomic E-state index is 12.3. The molecule has 39 heavy (non-hydrogen) atoms. The summed E-state index contributed by atoms with van der Waals surface area (Å²) in [5.74, 6) is -0.374. The van der Waals surface area contributed by atoms with Gasteiger partial charge in [0, 0.05) is 0 Å². The third-order valence-corrected chi connectivity index (χ3v) is 6.86. The van der Waals surface area contributed by atoms with Gasteiger partial charge in [-0.15, -0.1) is 0 Å². The van der Waals surface area contributed by atoms with Crippen LogP contribution in [0.15, 0.2) is 24.3 Å². The maximum Gasteiger partial charge on any atom is 0.310 e. The highest BCUT2D eigenvalue weighted by Gasteiger charge is 2.42. The van der Waals surface area contributed by atoms with Crippen LogP contribution in [0.25, 0.3) is 0 Å². The second kappa shape index (κ2) is 12.3. The highest BCUT2D eigenvalue weighted by atomic mass is 16.7. The van der Waals surface area contributed by atoms with Gasteiger partial charge in [-0.3, -0.25) is 9.59 Å². The number of carbonyl (C=O) groups excluding carboxylic acids is 2. The molecule has 2 aromatic rings. The molecule has 2 saturated heterocycles. The van der Waals surface area contributed by atoms with Gasteiger partial charge in [-0.25, -0.2) is 0 Å². The van der Waals surface area contributed by atoms with Gasteiger partial charge in [-0.1, -0.05) is 24.3 Å². The first-order chi connectivity index (χ1) is 18.5. The number of rotatable bonds is 8. The number of aromatic hydroxyl groups is 2. The van der Waals surface area contributed by atoms with Crippen molar-refractivity contribution in [2.24, 2.45) is 5.41 Å². The Morgan fingerprint density at radius 1 is 0.692 bits per heavy atom. The van der Waals surface area contributed by atoms with Crippen LogP contribution in [0.5, 0.6) is 11.5 Å². The van der Waals surface area contributed by atoms with Gasteiger partial charge < -0.3 is 38.6 Å². The Labute approximate surface area is 227 Å². The lowest BCUT2D eigenvalue weighted by atomic mass is 9.91. The second-order valence-electron chi connectivity index (χ2n) is 10.5. The number of hydrogen-bond donors (Lipinski definition) is 2. The highest BCUT2D eigenvalue weighted by Crippen LogP contribution is 2.30. The van der Waals surface area contributed by atoms with Crippen LogP contribution in [-0.4, -0.2) is 74.4 Å². The molecule has 10 heteroatoms. The number of esters is 2. The maximum absolute atomic E-state index is 12.3. The van der Waals surface area contributed by atoms with E-state index in [4.69, 9.17) is 28.4 Å². The Kier molecular flexibility index (Phi) is 9.12. The Bertz CT molecular complexity index is 1050. The van der Waals surface area contributed by atoms with E-state index in [1.54, 1.807) is 52.0 Å². The highest BCUT2D eigenvalue weighted by molar-refractivity contribution is 5.73. The molecule has 0 atom stereocenters. The van der Waals surface area contributed by atoms with E-state index in [9.17, 15) is 19.8 Å². The fourth-order valence-corrected chi connectivity index (χ4v) is 4.67. The zero-order valence-electron chi connectivity index (χ0n) is 22.8. The van der Waals surface area contributed by atoms with Crippen molar-refractivity contribution in [2.45, 2.75) is 53.1 Å². The van der Waals surface area contributed by atoms with Gasteiger partial charge in [-0.2, -0.15) is 0 Å². The number of aryl methyl sites for hydroxylation is 4. The van der Waals surface area contributed by atoms with Crippen molar-refractivity contribution in [2.75, 3.05) is 39.6 Å². The molecule has 0 amide bonds. The van der Waals surface area contributed by atoms with E-state index in [0.29, 0.717) is 48.7 Å². The standard InChI is InChI=1S/C29H36O10/c1-17-5-21(6-18(2)27(17)32)9-23(30)34-11-25-36-13-29(14-37-25)15-38-26(39-16-29)12-35-24(31)10-22-7-19(3)28(33)20(4)8-22/h5-8,25-26,32-33H,9-16H2,1-4H3. The smallest absolute Gasteiger partial charge is 0.310 e. The zero-order valence-corrected chi connectivity index (χ0v) is 22.8. The minimum absolute atomic E-state index is 0.0364. The quantitative estimate of drug-likeness (QED) is 0.479. The van der Waals surface area contributed by atoms with Gasteiger partial charge in [0.15, 0.2) is 12.6 Å². The van der Waals surface area contributed by atoms with Crippen LogP contribution in [0.1, 0.15) is 33.4 Å². The molecule has 0 radical (unpaired) electrons. The third-order valence-electron chi connectivity index (χ3n) is 6.86. The topological polar surface area (TPSA) is 130 Å². The van der Waals surface area contributed by atoms with E-state index in [0.717, 1.165) is 11.1 Å². The normalized spacial score (nSPS) is 23.0. The summed E-state index contributed by atoms with van der Waals surface area (Å²) in [7, 11) is 0. The Hall–Kier alpha value is -3.18. The summed E-state index contributed by atoms with van der Waals surface area (Å²) in [4.78, 5) is 24.5. The molecule has 10 nitrogen and oxygen atoms in total. The second-order valence-corrected chi connectivity index (χ2v) is 10.5. The molecular weight excluding hydrogens is 508 g/mol. The van der Waals surface area contributed by atoms with Crippen molar-refractivity contribution >= 4 is 11.9 Å². The molecule has 2 aliphatic heterocycles. The fraction of sp³-hybridized carbons (Fsp3) is 0.517. The molecule has 0 unspecified atom stereocenters. The third kappa shape index (κ3) is 7.48. The number of hydrogen-bond acceptors (Lipinski definition) is 10. The summed E-state index contributed by atoms with van der Waals surface area (Å²) in [6.45, 7) is 8.27. The van der Waals surface area contributed by atoms with Crippen molar-refractivity contribution in [3.63, 3.8) is 0 Å². The van der Waals surface area contributed by atoms with Crippen molar-refractivity contribution in [1.82, 2.24) is 0 Å². The predicted molar refractivity (Wildman–Crippen MR) is 138 cm³/mol. The molecule has 2 aromatic carbocycles. The van der Waals surface area contributed by atoms with Crippen LogP contribution in [0, 0.1) is 33.1 Å². The molecule has 2 aliphatic rings. The molecule has 0 bridgehead atoms. The van der Waals surface area contributed by atoms with E-state index in [1.807, 2.05) is 0 Å². The Balaban J connectivity index is 1.14. The van der Waals surface area contributed by atoms with Crippen molar-refractivity contribution < 1.29 is 48.2 Å². The molecule has 2 N–H and O–H groups in total. The van der Waals surface area contributed by atoms with E-state index in [1.165, 1.54) is 0 Å². The summed E-state index contributed by atoms with van der Waals surface area (Å²) in [5, 5.41) is 19.8. The molecule has 0 aliphatic carbocycles. The molecule has 212 valence electrons. The van der Waals surface area contributed by atoms with Crippen LogP contribution in [0.2, 0.25) is 0 Å². The first-order valence-electron chi connectivity index (χ1n) is 12.9. The largest absolute Gasteiger partial charge is 0.507 e. The number of phenolic OH excluding ortho intramolecular Hbond substituents is 2. The van der Waals surface area contributed by atoms with E-state index >= 15 is 0 Å². The SMILES string of the molecule is Cc1cc(CC(=O)OCC2OCC3(CO2)COC(COC(=O)Cc2cc(C)c(O)c(C)c2)OC3)cc(C)c1O. The summed E-state index contributed by atoms with van der Waals surface area (Å²) < 4.78 is 33.7. The lowest BCUT2D eigenvalue weighted by Crippen LogP contribution is -2.53. The predicted octanol–water partition coefficient (Wildman–Crippen LogP) is 2.94. The van der Waals surface area contributed by atoms with Crippen molar-refractivity contribution in [3.8, 4) is 11.5 Å². The summed E-state index contributed by atoms with van der Waals surface area (Å²) in [6.07, 6.45) is -1.21. The van der Waals surface area contributed by atoms with E-state index in [-0.39, 0.29) is 37.6 Å². The van der Waals surface area contributed by atoms with Gasteiger partial charge in [0.1, 0.15) is 24.7 Å². The zero-order chi connectivity index (χ0) is 28.2. The van der Waals surface area contributed by atoms with Crippen molar-refractivity contribution in [3.05, 3.63) is 57.6 Å². The fourth-order valence-electron chi connectivity index (χ4n) is 4.67. The first kappa shape index (κ1) is 28.8. The molecule has 2 fully saturated rings. The average molecular weight is 545 g/mol. The van der Waals surface area contributed by atoms with Crippen LogP contribution < -0.4 is 0 Å². The minimum atomic E-state index is -0.686. The van der Waals surface area contributed by atoms with Crippen LogP contribution in [0.3, 0.4) is 0 Å². The van der Waals surface area contributed by atoms with Crippen LogP contribution in [0.4, 0.5) is 0 Å². The minimum Gasteiger partial charge on any atom is -0.507 e. The summed E-state index contributed by atoms with van der Waals surface area (Å²) >= 11 is 0. The van der Waals surface area contributed by atoms with Crippen molar-refractivity contribution in [1.29, 1.82) is 0 Å². The lowest BCUT2D eigenvalue weighted by Gasteiger charge is -2.43. The molecule has 4 rings (SSSR count). The molecule has 0 aromatic heterocycles. The van der Waals surface area contributed by atoms with E-state index in [2.05, 4.69) is 0 Å². The first-order valence-corrected chi connectivity index (χ1v) is 12.9. The Morgan fingerprint density at radius 2 is 1.00 bits per heavy atom. The lowest BCUT2D eigenvalue weighted by molar-refractivity contribution is -0.311. The Morgan fingerprint density at radius 3 is 1.31 bits per heavy atom. The van der Waals surface area contributed by atoms with Gasteiger partial charge in [0.25, 0.3) is 0 Å². The van der Waals surface area contributed by atoms with Crippen LogP contribution >= 0.6 is 0 Å². The van der Waals surface area contributed by atoms with Gasteiger partial charge in [0.05, 0.1) is 44.7 Å². The number of phenols is 2. The van der Waals surface area contributed by atoms with Gasteiger partial charge in [0.2, 0.25) is 0 Å². The number of carbonyl (C=O) groups is 2. The van der Waals surface area contributed by atoms with E-state index < -0.39 is 29.9 Å². The monoisotopic (exact) mass is 544 g/mol. The summed E-state index contributed by atoms with van der Waals surface area (Å²) in [6, 6.07) is 7.04. The number of benzene rings is 2. The molecule has 1 spiro atoms. The van der Waals surface area contributed by atoms with Gasteiger partial charge >= 0.3 is 11.9 Å². The molecule has 2 heterocycles. The number of ether oxygens (including phenoxy) is 6. The average Bonchev–Trinajstić information content (AvgIpc) is 2.90. The van der Waals surface area contributed by atoms with Gasteiger partial charge in [-0.05, 0) is 61.1 Å². The molecular formula is C29H36O10. The van der Waals surface area contributed by atoms with Crippen LogP contribution in [-0.2, 0) is 50.9 Å². The summed E-state index contributed by atoms with van der Waals surface area (Å²) in [5.41, 5.74) is 3.86.